The van der Waals surface area contributed by atoms with Gasteiger partial charge in [-0.1, -0.05) is 18.5 Å². The lowest BCUT2D eigenvalue weighted by atomic mass is 10.2. The molecule has 0 aliphatic carbocycles. The van der Waals surface area contributed by atoms with Gasteiger partial charge in [-0.2, -0.15) is 0 Å². The minimum absolute atomic E-state index is 0.0962. The number of ether oxygens (including phenoxy) is 2. The number of nitrogens with one attached hydrogen (secondary N) is 2. The monoisotopic (exact) mass is 300 g/mol. The van der Waals surface area contributed by atoms with Gasteiger partial charge in [0.05, 0.1) is 24.9 Å². The predicted octanol–water partition coefficient (Wildman–Crippen LogP) is 2.68. The number of rotatable bonds is 7. The van der Waals surface area contributed by atoms with Gasteiger partial charge < -0.3 is 20.1 Å². The van der Waals surface area contributed by atoms with Gasteiger partial charge in [-0.05, 0) is 13.5 Å². The van der Waals surface area contributed by atoms with E-state index in [1.54, 1.807) is 12.1 Å². The Labute approximate surface area is 124 Å². The van der Waals surface area contributed by atoms with Crippen molar-refractivity contribution in [1.82, 2.24) is 5.32 Å². The van der Waals surface area contributed by atoms with E-state index in [0.29, 0.717) is 28.6 Å². The number of methoxy groups -OCH3 is 2. The zero-order chi connectivity index (χ0) is 15.1. The first kappa shape index (κ1) is 16.6. The summed E-state index contributed by atoms with van der Waals surface area (Å²) < 4.78 is 10.3. The average Bonchev–Trinajstić information content (AvgIpc) is 2.40. The van der Waals surface area contributed by atoms with E-state index in [2.05, 4.69) is 10.6 Å². The smallest absolute Gasteiger partial charge is 0.226 e. The first-order valence-electron chi connectivity index (χ1n) is 6.46. The molecule has 0 aliphatic heterocycles. The molecule has 0 aliphatic rings. The van der Waals surface area contributed by atoms with Crippen molar-refractivity contribution in [3.05, 3.63) is 17.2 Å². The molecule has 1 rings (SSSR count). The van der Waals surface area contributed by atoms with Crippen molar-refractivity contribution >= 4 is 23.2 Å². The van der Waals surface area contributed by atoms with Crippen molar-refractivity contribution in [2.24, 2.45) is 0 Å². The summed E-state index contributed by atoms with van der Waals surface area (Å²) in [4.78, 5) is 12.0. The van der Waals surface area contributed by atoms with Crippen molar-refractivity contribution < 1.29 is 14.3 Å². The van der Waals surface area contributed by atoms with Gasteiger partial charge >= 0.3 is 0 Å². The molecule has 0 spiro atoms. The molecule has 1 amide bonds. The Kier molecular flexibility index (Phi) is 6.61. The van der Waals surface area contributed by atoms with Gasteiger partial charge in [0.2, 0.25) is 5.91 Å². The van der Waals surface area contributed by atoms with Crippen LogP contribution in [-0.2, 0) is 4.79 Å². The third-order valence-corrected chi connectivity index (χ3v) is 3.09. The molecule has 6 heteroatoms. The first-order valence-corrected chi connectivity index (χ1v) is 6.84. The van der Waals surface area contributed by atoms with Gasteiger partial charge in [0.15, 0.2) is 0 Å². The van der Waals surface area contributed by atoms with Crippen molar-refractivity contribution in [3.8, 4) is 11.5 Å². The Morgan fingerprint density at radius 2 is 1.95 bits per heavy atom. The van der Waals surface area contributed by atoms with E-state index in [9.17, 15) is 4.79 Å². The molecule has 1 aromatic carbocycles. The lowest BCUT2D eigenvalue weighted by Gasteiger charge is -2.15. The third kappa shape index (κ3) is 4.58. The maximum atomic E-state index is 12.0. The van der Waals surface area contributed by atoms with Crippen LogP contribution in [0.3, 0.4) is 0 Å². The molecule has 0 fully saturated rings. The van der Waals surface area contributed by atoms with Crippen LogP contribution in [0, 0.1) is 0 Å². The standard InChI is InChI=1S/C14H21ClN2O3/c1-5-16-9(2)6-14(18)17-11-8-12(19-3)10(15)7-13(11)20-4/h7-9,16H,5-6H2,1-4H3,(H,17,18). The van der Waals surface area contributed by atoms with Crippen molar-refractivity contribution in [2.75, 3.05) is 26.1 Å². The molecule has 1 atom stereocenters. The van der Waals surface area contributed by atoms with E-state index < -0.39 is 0 Å². The van der Waals surface area contributed by atoms with E-state index in [1.165, 1.54) is 14.2 Å². The van der Waals surface area contributed by atoms with Crippen molar-refractivity contribution in [3.63, 3.8) is 0 Å². The van der Waals surface area contributed by atoms with Gasteiger partial charge in [0, 0.05) is 24.6 Å². The number of carbonyl (C=O) groups is 1. The molecule has 0 saturated heterocycles. The van der Waals surface area contributed by atoms with Crippen molar-refractivity contribution in [1.29, 1.82) is 0 Å². The zero-order valence-electron chi connectivity index (χ0n) is 12.2. The number of hydrogen-bond donors (Lipinski definition) is 2. The highest BCUT2D eigenvalue weighted by Crippen LogP contribution is 2.35. The lowest BCUT2D eigenvalue weighted by Crippen LogP contribution is -2.30. The molecule has 0 aromatic heterocycles. The molecule has 0 heterocycles. The molecule has 5 nitrogen and oxygen atoms in total. The normalized spacial score (nSPS) is 11.8. The number of carbonyl (C=O) groups excluding carboxylic acids is 1. The highest BCUT2D eigenvalue weighted by atomic mass is 35.5. The van der Waals surface area contributed by atoms with Crippen LogP contribution in [0.25, 0.3) is 0 Å². The molecule has 0 saturated carbocycles. The first-order chi connectivity index (χ1) is 9.51. The summed E-state index contributed by atoms with van der Waals surface area (Å²) >= 11 is 6.01. The Morgan fingerprint density at radius 3 is 2.50 bits per heavy atom. The van der Waals surface area contributed by atoms with E-state index in [-0.39, 0.29) is 11.9 Å². The molecule has 1 aromatic rings. The molecular weight excluding hydrogens is 280 g/mol. The number of anilines is 1. The second kappa shape index (κ2) is 7.97. The Bertz CT molecular complexity index is 466. The molecule has 1 unspecified atom stereocenters. The van der Waals surface area contributed by atoms with E-state index in [1.807, 2.05) is 13.8 Å². The van der Waals surface area contributed by atoms with Crippen LogP contribution >= 0.6 is 11.6 Å². The predicted molar refractivity (Wildman–Crippen MR) is 80.9 cm³/mol. The van der Waals surface area contributed by atoms with Crippen LogP contribution in [0.15, 0.2) is 12.1 Å². The molecule has 2 N–H and O–H groups in total. The van der Waals surface area contributed by atoms with Crippen molar-refractivity contribution in [2.45, 2.75) is 26.3 Å². The van der Waals surface area contributed by atoms with E-state index >= 15 is 0 Å². The second-order valence-corrected chi connectivity index (χ2v) is 4.81. The minimum Gasteiger partial charge on any atom is -0.495 e. The van der Waals surface area contributed by atoms with Crippen LogP contribution in [0.1, 0.15) is 20.3 Å². The molecule has 0 bridgehead atoms. The Hall–Kier alpha value is -1.46. The van der Waals surface area contributed by atoms with Crippen LogP contribution in [0.5, 0.6) is 11.5 Å². The number of amides is 1. The maximum absolute atomic E-state index is 12.0. The summed E-state index contributed by atoms with van der Waals surface area (Å²) in [6.07, 6.45) is 0.377. The van der Waals surface area contributed by atoms with Crippen LogP contribution in [-0.4, -0.2) is 32.7 Å². The fraction of sp³-hybridized carbons (Fsp3) is 0.500. The summed E-state index contributed by atoms with van der Waals surface area (Å²) in [5, 5.41) is 6.43. The highest BCUT2D eigenvalue weighted by molar-refractivity contribution is 6.32. The van der Waals surface area contributed by atoms with Gasteiger partial charge in [0.25, 0.3) is 0 Å². The third-order valence-electron chi connectivity index (χ3n) is 2.79. The topological polar surface area (TPSA) is 59.6 Å². The van der Waals surface area contributed by atoms with Gasteiger partial charge in [-0.25, -0.2) is 0 Å². The number of benzene rings is 1. The van der Waals surface area contributed by atoms with E-state index in [0.717, 1.165) is 6.54 Å². The summed E-state index contributed by atoms with van der Waals surface area (Å²) in [6.45, 7) is 4.79. The lowest BCUT2D eigenvalue weighted by molar-refractivity contribution is -0.116. The van der Waals surface area contributed by atoms with Crippen LogP contribution < -0.4 is 20.1 Å². The van der Waals surface area contributed by atoms with Gasteiger partial charge in [0.1, 0.15) is 11.5 Å². The molecule has 20 heavy (non-hydrogen) atoms. The molecule has 112 valence electrons. The summed E-state index contributed by atoms with van der Waals surface area (Å²) in [5.41, 5.74) is 0.544. The highest BCUT2D eigenvalue weighted by Gasteiger charge is 2.14. The summed E-state index contributed by atoms with van der Waals surface area (Å²) in [6, 6.07) is 3.38. The Balaban J connectivity index is 2.82. The SMILES string of the molecule is CCNC(C)CC(=O)Nc1cc(OC)c(Cl)cc1OC. The average molecular weight is 301 g/mol. The quantitative estimate of drug-likeness (QED) is 0.813. The largest absolute Gasteiger partial charge is 0.495 e. The number of halogens is 1. The Morgan fingerprint density at radius 1 is 1.30 bits per heavy atom. The van der Waals surface area contributed by atoms with E-state index in [4.69, 9.17) is 21.1 Å². The second-order valence-electron chi connectivity index (χ2n) is 4.40. The van der Waals surface area contributed by atoms with Crippen LogP contribution in [0.4, 0.5) is 5.69 Å². The minimum atomic E-state index is -0.0962. The van der Waals surface area contributed by atoms with Crippen LogP contribution in [0.2, 0.25) is 5.02 Å². The van der Waals surface area contributed by atoms with Gasteiger partial charge in [-0.15, -0.1) is 0 Å². The molecular formula is C14H21ClN2O3. The zero-order valence-corrected chi connectivity index (χ0v) is 13.0. The summed E-state index contributed by atoms with van der Waals surface area (Å²) in [5.74, 6) is 0.892. The summed E-state index contributed by atoms with van der Waals surface area (Å²) in [7, 11) is 3.04. The maximum Gasteiger partial charge on any atom is 0.226 e. The fourth-order valence-electron chi connectivity index (χ4n) is 1.86. The molecule has 0 radical (unpaired) electrons. The van der Waals surface area contributed by atoms with Gasteiger partial charge in [-0.3, -0.25) is 4.79 Å². The fourth-order valence-corrected chi connectivity index (χ4v) is 2.09. The number of hydrogen-bond acceptors (Lipinski definition) is 4.